The van der Waals surface area contributed by atoms with Crippen LogP contribution in [0.2, 0.25) is 0 Å². The summed E-state index contributed by atoms with van der Waals surface area (Å²) in [6.45, 7) is 6.26. The van der Waals surface area contributed by atoms with Crippen molar-refractivity contribution < 1.29 is 14.3 Å². The third-order valence-electron chi connectivity index (χ3n) is 5.31. The van der Waals surface area contributed by atoms with Gasteiger partial charge in [0.2, 0.25) is 0 Å². The van der Waals surface area contributed by atoms with Crippen LogP contribution in [0, 0.1) is 13.8 Å². The lowest BCUT2D eigenvalue weighted by atomic mass is 9.95. The summed E-state index contributed by atoms with van der Waals surface area (Å²) in [5, 5.41) is 0. The van der Waals surface area contributed by atoms with Crippen LogP contribution < -0.4 is 0 Å². The fourth-order valence-electron chi connectivity index (χ4n) is 3.70. The van der Waals surface area contributed by atoms with E-state index in [1.54, 1.807) is 12.3 Å². The lowest BCUT2D eigenvalue weighted by molar-refractivity contribution is -0.0547. The average molecular weight is 367 g/mol. The van der Waals surface area contributed by atoms with Crippen LogP contribution in [0.4, 0.5) is 0 Å². The number of hydrogen-bond donors (Lipinski definition) is 0. The normalized spacial score (nSPS) is 19.7. The molecule has 4 nitrogen and oxygen atoms in total. The third kappa shape index (κ3) is 4.95. The summed E-state index contributed by atoms with van der Waals surface area (Å²) in [6.07, 6.45) is 7.19. The van der Waals surface area contributed by atoms with Crippen LogP contribution in [-0.4, -0.2) is 23.7 Å². The maximum Gasteiger partial charge on any atom is 0.338 e. The topological polar surface area (TPSA) is 48.4 Å². The number of aryl methyl sites for hydroxylation is 2. The summed E-state index contributed by atoms with van der Waals surface area (Å²) in [7, 11) is 0. The molecule has 0 saturated carbocycles. The molecule has 0 aliphatic carbocycles. The molecule has 1 aliphatic rings. The Morgan fingerprint density at radius 1 is 1.19 bits per heavy atom. The molecule has 2 aromatic rings. The molecule has 2 heterocycles. The molecule has 1 aliphatic heterocycles. The van der Waals surface area contributed by atoms with Gasteiger partial charge >= 0.3 is 5.97 Å². The van der Waals surface area contributed by atoms with E-state index in [9.17, 15) is 4.79 Å². The maximum atomic E-state index is 12.1. The molecule has 1 aromatic carbocycles. The number of carbonyl (C=O) groups excluding carboxylic acids is 1. The second kappa shape index (κ2) is 9.14. The number of benzene rings is 1. The number of pyridine rings is 1. The van der Waals surface area contributed by atoms with E-state index in [1.807, 2.05) is 13.8 Å². The Hall–Kier alpha value is -2.20. The molecule has 0 N–H and O–H groups in total. The number of rotatable bonds is 6. The van der Waals surface area contributed by atoms with Gasteiger partial charge in [0.1, 0.15) is 0 Å². The van der Waals surface area contributed by atoms with Crippen molar-refractivity contribution in [2.75, 3.05) is 6.61 Å². The Morgan fingerprint density at radius 3 is 2.70 bits per heavy atom. The maximum absolute atomic E-state index is 12.1. The molecule has 0 amide bonds. The minimum absolute atomic E-state index is 0.185. The lowest BCUT2D eigenvalue weighted by Crippen LogP contribution is -2.23. The van der Waals surface area contributed by atoms with Gasteiger partial charge in [-0.1, -0.05) is 29.8 Å². The number of esters is 1. The summed E-state index contributed by atoms with van der Waals surface area (Å²) in [6, 6.07) is 10.4. The predicted molar refractivity (Wildman–Crippen MR) is 106 cm³/mol. The first-order valence-electron chi connectivity index (χ1n) is 9.92. The predicted octanol–water partition coefficient (Wildman–Crippen LogP) is 5.12. The second-order valence-corrected chi connectivity index (χ2v) is 7.28. The second-order valence-electron chi connectivity index (χ2n) is 7.28. The van der Waals surface area contributed by atoms with Gasteiger partial charge in [0, 0.05) is 11.9 Å². The van der Waals surface area contributed by atoms with Crippen LogP contribution in [0.5, 0.6) is 0 Å². The van der Waals surface area contributed by atoms with Gasteiger partial charge in [0.25, 0.3) is 0 Å². The average Bonchev–Trinajstić information content (AvgIpc) is 2.68. The van der Waals surface area contributed by atoms with Gasteiger partial charge in [-0.15, -0.1) is 0 Å². The minimum atomic E-state index is -0.271. The molecule has 1 saturated heterocycles. The van der Waals surface area contributed by atoms with Gasteiger partial charge in [-0.25, -0.2) is 4.79 Å². The third-order valence-corrected chi connectivity index (χ3v) is 5.31. The van der Waals surface area contributed by atoms with Crippen molar-refractivity contribution in [2.45, 2.75) is 65.1 Å². The molecule has 1 unspecified atom stereocenters. The highest BCUT2D eigenvalue weighted by molar-refractivity contribution is 5.91. The Bertz CT molecular complexity index is 770. The molecule has 2 atom stereocenters. The molecule has 1 aromatic heterocycles. The summed E-state index contributed by atoms with van der Waals surface area (Å²) in [5.41, 5.74) is 5.03. The van der Waals surface area contributed by atoms with E-state index in [0.717, 1.165) is 36.9 Å². The van der Waals surface area contributed by atoms with Crippen molar-refractivity contribution >= 4 is 5.97 Å². The number of carbonyl (C=O) groups is 1. The zero-order chi connectivity index (χ0) is 19.2. The van der Waals surface area contributed by atoms with Crippen molar-refractivity contribution in [1.29, 1.82) is 0 Å². The Morgan fingerprint density at radius 2 is 1.96 bits per heavy atom. The molecule has 3 rings (SSSR count). The van der Waals surface area contributed by atoms with E-state index in [2.05, 4.69) is 36.2 Å². The number of hydrogen-bond acceptors (Lipinski definition) is 4. The van der Waals surface area contributed by atoms with E-state index in [0.29, 0.717) is 12.2 Å². The molecule has 0 radical (unpaired) electrons. The van der Waals surface area contributed by atoms with Gasteiger partial charge in [-0.2, -0.15) is 0 Å². The monoisotopic (exact) mass is 367 g/mol. The standard InChI is InChI=1S/C23H29NO3/c1-4-26-23(25)20-14-15-24-21(17(20)3)13-12-19-6-5-7-22(27-19)18-10-8-16(2)9-11-18/h8-11,14-15,19,22H,4-7,12-13H2,1-3H3/t19?,22-/m0/s1. The minimum Gasteiger partial charge on any atom is -0.462 e. The molecule has 0 bridgehead atoms. The zero-order valence-corrected chi connectivity index (χ0v) is 16.5. The fourth-order valence-corrected chi connectivity index (χ4v) is 3.70. The smallest absolute Gasteiger partial charge is 0.338 e. The number of aromatic nitrogens is 1. The van der Waals surface area contributed by atoms with Crippen molar-refractivity contribution in [2.24, 2.45) is 0 Å². The van der Waals surface area contributed by atoms with Gasteiger partial charge in [-0.3, -0.25) is 4.98 Å². The highest BCUT2D eigenvalue weighted by Crippen LogP contribution is 2.33. The fraction of sp³-hybridized carbons (Fsp3) is 0.478. The number of ether oxygens (including phenoxy) is 2. The van der Waals surface area contributed by atoms with Crippen molar-refractivity contribution in [3.8, 4) is 0 Å². The van der Waals surface area contributed by atoms with E-state index >= 15 is 0 Å². The van der Waals surface area contributed by atoms with E-state index < -0.39 is 0 Å². The van der Waals surface area contributed by atoms with Crippen LogP contribution in [0.25, 0.3) is 0 Å². The quantitative estimate of drug-likeness (QED) is 0.665. The van der Waals surface area contributed by atoms with Crippen LogP contribution in [0.3, 0.4) is 0 Å². The molecular weight excluding hydrogens is 338 g/mol. The Balaban J connectivity index is 1.62. The molecule has 144 valence electrons. The molecule has 27 heavy (non-hydrogen) atoms. The van der Waals surface area contributed by atoms with Crippen molar-refractivity contribution in [3.63, 3.8) is 0 Å². The molecule has 1 fully saturated rings. The van der Waals surface area contributed by atoms with Crippen molar-refractivity contribution in [3.05, 3.63) is 64.5 Å². The van der Waals surface area contributed by atoms with Gasteiger partial charge in [0.15, 0.2) is 0 Å². The van der Waals surface area contributed by atoms with Crippen LogP contribution in [0.15, 0.2) is 36.5 Å². The van der Waals surface area contributed by atoms with Gasteiger partial charge < -0.3 is 9.47 Å². The number of nitrogens with zero attached hydrogens (tertiary/aromatic N) is 1. The van der Waals surface area contributed by atoms with E-state index in [1.165, 1.54) is 17.5 Å². The zero-order valence-electron chi connectivity index (χ0n) is 16.5. The molecule has 4 heteroatoms. The Labute approximate surface area is 161 Å². The van der Waals surface area contributed by atoms with Crippen LogP contribution >= 0.6 is 0 Å². The Kier molecular flexibility index (Phi) is 6.62. The van der Waals surface area contributed by atoms with Crippen molar-refractivity contribution in [1.82, 2.24) is 4.98 Å². The van der Waals surface area contributed by atoms with Crippen LogP contribution in [-0.2, 0) is 15.9 Å². The highest BCUT2D eigenvalue weighted by Gasteiger charge is 2.24. The first-order chi connectivity index (χ1) is 13.1. The SMILES string of the molecule is CCOC(=O)c1ccnc(CCC2CCC[C@@H](c3ccc(C)cc3)O2)c1C. The molecule has 0 spiro atoms. The highest BCUT2D eigenvalue weighted by atomic mass is 16.5. The van der Waals surface area contributed by atoms with E-state index in [4.69, 9.17) is 9.47 Å². The largest absolute Gasteiger partial charge is 0.462 e. The lowest BCUT2D eigenvalue weighted by Gasteiger charge is -2.30. The van der Waals surface area contributed by atoms with Gasteiger partial charge in [-0.05, 0) is 70.1 Å². The summed E-state index contributed by atoms with van der Waals surface area (Å²) in [5.74, 6) is -0.271. The first kappa shape index (κ1) is 19.6. The van der Waals surface area contributed by atoms with E-state index in [-0.39, 0.29) is 18.2 Å². The molecular formula is C23H29NO3. The summed E-state index contributed by atoms with van der Waals surface area (Å²) < 4.78 is 11.5. The van der Waals surface area contributed by atoms with Gasteiger partial charge in [0.05, 0.1) is 24.4 Å². The first-order valence-corrected chi connectivity index (χ1v) is 9.92. The van der Waals surface area contributed by atoms with Crippen LogP contribution in [0.1, 0.15) is 71.5 Å². The summed E-state index contributed by atoms with van der Waals surface area (Å²) >= 11 is 0. The summed E-state index contributed by atoms with van der Waals surface area (Å²) in [4.78, 5) is 16.6.